The van der Waals surface area contributed by atoms with Gasteiger partial charge >= 0.3 is 0 Å². The maximum absolute atomic E-state index is 12.1. The quantitative estimate of drug-likeness (QED) is 0.804. The highest BCUT2D eigenvalue weighted by Gasteiger charge is 2.12. The van der Waals surface area contributed by atoms with Gasteiger partial charge in [-0.05, 0) is 20.8 Å². The summed E-state index contributed by atoms with van der Waals surface area (Å²) in [5.41, 5.74) is 2.61. The summed E-state index contributed by atoms with van der Waals surface area (Å²) >= 11 is 0. The number of nitrogens with one attached hydrogen (secondary N) is 2. The van der Waals surface area contributed by atoms with Crippen LogP contribution < -0.4 is 10.6 Å². The predicted octanol–water partition coefficient (Wildman–Crippen LogP) is 0.904. The number of nitrogens with zero attached hydrogens (tertiary/aromatic N) is 5. The molecule has 2 amide bonds. The Morgan fingerprint density at radius 2 is 1.80 bits per heavy atom. The SMILES string of the molecule is Cc1nc(C)c(CNC(=O)Cn2cc(NC(=O)C(C)C)nn2)c(C)n1. The Morgan fingerprint density at radius 3 is 2.40 bits per heavy atom. The molecule has 0 saturated carbocycles. The van der Waals surface area contributed by atoms with Gasteiger partial charge in [0.15, 0.2) is 5.82 Å². The minimum absolute atomic E-state index is 0.00929. The van der Waals surface area contributed by atoms with Crippen LogP contribution in [0, 0.1) is 26.7 Å². The van der Waals surface area contributed by atoms with Gasteiger partial charge in [-0.2, -0.15) is 0 Å². The van der Waals surface area contributed by atoms with Crippen molar-refractivity contribution in [1.29, 1.82) is 0 Å². The van der Waals surface area contributed by atoms with E-state index >= 15 is 0 Å². The molecule has 25 heavy (non-hydrogen) atoms. The van der Waals surface area contributed by atoms with Crippen LogP contribution in [0.3, 0.4) is 0 Å². The molecular formula is C16H23N7O2. The zero-order valence-corrected chi connectivity index (χ0v) is 15.1. The van der Waals surface area contributed by atoms with Crippen LogP contribution in [-0.4, -0.2) is 36.8 Å². The Labute approximate surface area is 146 Å². The molecule has 2 aromatic rings. The number of amides is 2. The summed E-state index contributed by atoms with van der Waals surface area (Å²) in [6, 6.07) is 0. The molecular weight excluding hydrogens is 322 g/mol. The minimum atomic E-state index is -0.217. The van der Waals surface area contributed by atoms with E-state index < -0.39 is 0 Å². The standard InChI is InChI=1S/C16H23N7O2/c1-9(2)16(25)20-14-7-23(22-21-14)8-15(24)17-6-13-10(3)18-12(5)19-11(13)4/h7,9H,6,8H2,1-5H3,(H,17,24)(H,20,25). The third kappa shape index (κ3) is 5.07. The van der Waals surface area contributed by atoms with Gasteiger partial charge in [0.1, 0.15) is 12.4 Å². The van der Waals surface area contributed by atoms with Crippen molar-refractivity contribution in [2.75, 3.05) is 5.32 Å². The lowest BCUT2D eigenvalue weighted by molar-refractivity contribution is -0.122. The van der Waals surface area contributed by atoms with E-state index in [1.807, 2.05) is 20.8 Å². The van der Waals surface area contributed by atoms with Crippen molar-refractivity contribution in [3.63, 3.8) is 0 Å². The Hall–Kier alpha value is -2.84. The highest BCUT2D eigenvalue weighted by atomic mass is 16.2. The summed E-state index contributed by atoms with van der Waals surface area (Å²) in [5.74, 6) is 0.512. The summed E-state index contributed by atoms with van der Waals surface area (Å²) in [6.07, 6.45) is 1.52. The van der Waals surface area contributed by atoms with Gasteiger partial charge in [-0.15, -0.1) is 5.10 Å². The summed E-state index contributed by atoms with van der Waals surface area (Å²) in [5, 5.41) is 13.1. The number of hydrogen-bond donors (Lipinski definition) is 2. The number of aromatic nitrogens is 5. The molecule has 9 nitrogen and oxygen atoms in total. The summed E-state index contributed by atoms with van der Waals surface area (Å²) in [7, 11) is 0. The fraction of sp³-hybridized carbons (Fsp3) is 0.500. The fourth-order valence-electron chi connectivity index (χ4n) is 2.26. The first kappa shape index (κ1) is 18.5. The molecule has 0 aliphatic heterocycles. The maximum Gasteiger partial charge on any atom is 0.242 e. The van der Waals surface area contributed by atoms with E-state index in [-0.39, 0.29) is 24.3 Å². The third-order valence-electron chi connectivity index (χ3n) is 3.61. The fourth-order valence-corrected chi connectivity index (χ4v) is 2.26. The molecule has 2 N–H and O–H groups in total. The van der Waals surface area contributed by atoms with Gasteiger partial charge < -0.3 is 10.6 Å². The number of anilines is 1. The second kappa shape index (κ2) is 7.82. The van der Waals surface area contributed by atoms with E-state index in [9.17, 15) is 9.59 Å². The van der Waals surface area contributed by atoms with Crippen LogP contribution in [-0.2, 0) is 22.7 Å². The van der Waals surface area contributed by atoms with Crippen molar-refractivity contribution >= 4 is 17.6 Å². The monoisotopic (exact) mass is 345 g/mol. The minimum Gasteiger partial charge on any atom is -0.350 e. The topological polar surface area (TPSA) is 115 Å². The molecule has 2 heterocycles. The smallest absolute Gasteiger partial charge is 0.242 e. The van der Waals surface area contributed by atoms with Crippen molar-refractivity contribution in [2.24, 2.45) is 5.92 Å². The van der Waals surface area contributed by atoms with E-state index in [1.54, 1.807) is 13.8 Å². The van der Waals surface area contributed by atoms with Crippen LogP contribution in [0.25, 0.3) is 0 Å². The van der Waals surface area contributed by atoms with Gasteiger partial charge in [0, 0.05) is 29.4 Å². The highest BCUT2D eigenvalue weighted by molar-refractivity contribution is 5.90. The Morgan fingerprint density at radius 1 is 1.16 bits per heavy atom. The van der Waals surface area contributed by atoms with Gasteiger partial charge in [0.2, 0.25) is 11.8 Å². The number of carbonyl (C=O) groups excluding carboxylic acids is 2. The Balaban J connectivity index is 1.91. The number of carbonyl (C=O) groups is 2. The van der Waals surface area contributed by atoms with Crippen molar-refractivity contribution in [1.82, 2.24) is 30.3 Å². The molecule has 2 rings (SSSR count). The third-order valence-corrected chi connectivity index (χ3v) is 3.61. The summed E-state index contributed by atoms with van der Waals surface area (Å²) in [6.45, 7) is 9.55. The lowest BCUT2D eigenvalue weighted by atomic mass is 10.1. The first-order valence-electron chi connectivity index (χ1n) is 8.04. The summed E-state index contributed by atoms with van der Waals surface area (Å²) in [4.78, 5) is 32.3. The molecule has 0 unspecified atom stereocenters. The van der Waals surface area contributed by atoms with Crippen molar-refractivity contribution in [2.45, 2.75) is 47.7 Å². The van der Waals surface area contributed by atoms with Crippen molar-refractivity contribution in [3.05, 3.63) is 29.0 Å². The van der Waals surface area contributed by atoms with Gasteiger partial charge in [-0.3, -0.25) is 9.59 Å². The Kier molecular flexibility index (Phi) is 5.79. The van der Waals surface area contributed by atoms with E-state index in [1.165, 1.54) is 10.9 Å². The summed E-state index contributed by atoms with van der Waals surface area (Å²) < 4.78 is 1.37. The molecule has 0 aliphatic carbocycles. The number of hydrogen-bond acceptors (Lipinski definition) is 6. The first-order chi connectivity index (χ1) is 11.8. The van der Waals surface area contributed by atoms with Gasteiger partial charge in [0.25, 0.3) is 0 Å². The molecule has 0 atom stereocenters. The van der Waals surface area contributed by atoms with Gasteiger partial charge in [-0.1, -0.05) is 19.1 Å². The lowest BCUT2D eigenvalue weighted by Gasteiger charge is -2.10. The second-order valence-electron chi connectivity index (χ2n) is 6.14. The van der Waals surface area contributed by atoms with E-state index in [2.05, 4.69) is 30.9 Å². The molecule has 0 aliphatic rings. The van der Waals surface area contributed by atoms with Crippen LogP contribution >= 0.6 is 0 Å². The predicted molar refractivity (Wildman–Crippen MR) is 91.6 cm³/mol. The molecule has 0 aromatic carbocycles. The normalized spacial score (nSPS) is 10.8. The van der Waals surface area contributed by atoms with Crippen LogP contribution in [0.15, 0.2) is 6.20 Å². The van der Waals surface area contributed by atoms with Gasteiger partial charge in [-0.25, -0.2) is 14.6 Å². The number of aryl methyl sites for hydroxylation is 3. The van der Waals surface area contributed by atoms with Gasteiger partial charge in [0.05, 0.1) is 6.20 Å². The molecule has 134 valence electrons. The Bertz CT molecular complexity index is 760. The second-order valence-corrected chi connectivity index (χ2v) is 6.14. The van der Waals surface area contributed by atoms with E-state index in [4.69, 9.17) is 0 Å². The zero-order valence-electron chi connectivity index (χ0n) is 15.1. The average Bonchev–Trinajstić information content (AvgIpc) is 2.92. The van der Waals surface area contributed by atoms with E-state index in [0.717, 1.165) is 17.0 Å². The molecule has 0 spiro atoms. The molecule has 0 bridgehead atoms. The largest absolute Gasteiger partial charge is 0.350 e. The average molecular weight is 345 g/mol. The zero-order chi connectivity index (χ0) is 18.6. The molecule has 2 aromatic heterocycles. The maximum atomic E-state index is 12.1. The van der Waals surface area contributed by atoms with Crippen molar-refractivity contribution in [3.8, 4) is 0 Å². The van der Waals surface area contributed by atoms with Crippen molar-refractivity contribution < 1.29 is 9.59 Å². The van der Waals surface area contributed by atoms with Crippen LogP contribution in [0.4, 0.5) is 5.82 Å². The molecule has 0 fully saturated rings. The molecule has 9 heteroatoms. The molecule has 0 saturated heterocycles. The highest BCUT2D eigenvalue weighted by Crippen LogP contribution is 2.09. The van der Waals surface area contributed by atoms with Crippen LogP contribution in [0.1, 0.15) is 36.6 Å². The number of rotatable bonds is 6. The van der Waals surface area contributed by atoms with Crippen LogP contribution in [0.2, 0.25) is 0 Å². The lowest BCUT2D eigenvalue weighted by Crippen LogP contribution is -2.28. The molecule has 0 radical (unpaired) electrons. The van der Waals surface area contributed by atoms with Crippen LogP contribution in [0.5, 0.6) is 0 Å². The first-order valence-corrected chi connectivity index (χ1v) is 8.04. The van der Waals surface area contributed by atoms with E-state index in [0.29, 0.717) is 18.2 Å².